The first-order chi connectivity index (χ1) is 17.9. The normalized spacial score (nSPS) is 14.9. The molecule has 0 aromatic heterocycles. The molecular weight excluding hydrogens is 470 g/mol. The van der Waals surface area contributed by atoms with Crippen LogP contribution in [0.25, 0.3) is 0 Å². The summed E-state index contributed by atoms with van der Waals surface area (Å²) in [5.74, 6) is 1.05. The number of nitrogens with zero attached hydrogens (tertiary/aromatic N) is 3. The Morgan fingerprint density at radius 2 is 1.84 bits per heavy atom. The van der Waals surface area contributed by atoms with Gasteiger partial charge in [-0.2, -0.15) is 5.10 Å². The molecule has 9 heteroatoms. The number of methoxy groups -OCH3 is 2. The molecule has 0 radical (unpaired) electrons. The molecule has 0 bridgehead atoms. The van der Waals surface area contributed by atoms with Crippen molar-refractivity contribution in [1.82, 2.24) is 20.5 Å². The number of hydrogen-bond acceptors (Lipinski definition) is 6. The molecule has 1 atom stereocenters. The molecule has 0 saturated carbocycles. The van der Waals surface area contributed by atoms with Crippen LogP contribution < -0.4 is 20.1 Å². The Balaban J connectivity index is 1.93. The van der Waals surface area contributed by atoms with Crippen LogP contribution in [0.5, 0.6) is 11.5 Å². The van der Waals surface area contributed by atoms with E-state index in [1.165, 1.54) is 5.01 Å². The van der Waals surface area contributed by atoms with E-state index in [-0.39, 0.29) is 18.0 Å². The lowest BCUT2D eigenvalue weighted by atomic mass is 9.93. The summed E-state index contributed by atoms with van der Waals surface area (Å²) in [4.78, 5) is 27.5. The molecular formula is C28H37N5O4. The number of likely N-dealkylation sites (N-methyl/N-ethyl adjacent to an activating group) is 1. The highest BCUT2D eigenvalue weighted by atomic mass is 16.5. The Labute approximate surface area is 219 Å². The number of allylic oxidation sites excluding steroid dienone is 1. The minimum atomic E-state index is -0.299. The topological polar surface area (TPSA) is 95.5 Å². The van der Waals surface area contributed by atoms with Crippen LogP contribution in [-0.2, 0) is 6.42 Å². The van der Waals surface area contributed by atoms with Gasteiger partial charge in [0.15, 0.2) is 11.5 Å². The minimum Gasteiger partial charge on any atom is -0.493 e. The van der Waals surface area contributed by atoms with Gasteiger partial charge < -0.3 is 25.0 Å². The van der Waals surface area contributed by atoms with Crippen molar-refractivity contribution < 1.29 is 19.1 Å². The highest BCUT2D eigenvalue weighted by molar-refractivity contribution is 6.15. The van der Waals surface area contributed by atoms with E-state index in [1.807, 2.05) is 50.4 Å². The SMILES string of the molecule is C/C=C\N(CC)CCNC(=O)c1ccc(C2=NN(C(=O)NC)C(C)Cc3cc(OC)c(OC)cc32)cc1. The van der Waals surface area contributed by atoms with E-state index in [0.717, 1.165) is 29.8 Å². The Hall–Kier alpha value is -4.01. The maximum atomic E-state index is 12.7. The van der Waals surface area contributed by atoms with Gasteiger partial charge in [0.1, 0.15) is 0 Å². The van der Waals surface area contributed by atoms with Crippen LogP contribution in [0.4, 0.5) is 4.79 Å². The number of ether oxygens (including phenoxy) is 2. The number of carbonyl (C=O) groups is 2. The van der Waals surface area contributed by atoms with Gasteiger partial charge in [-0.25, -0.2) is 9.80 Å². The average molecular weight is 508 g/mol. The number of benzene rings is 2. The molecule has 9 nitrogen and oxygen atoms in total. The second kappa shape index (κ2) is 12.8. The molecule has 1 unspecified atom stereocenters. The third-order valence-electron chi connectivity index (χ3n) is 6.30. The summed E-state index contributed by atoms with van der Waals surface area (Å²) in [6, 6.07) is 10.6. The van der Waals surface area contributed by atoms with E-state index in [4.69, 9.17) is 14.6 Å². The van der Waals surface area contributed by atoms with E-state index < -0.39 is 0 Å². The van der Waals surface area contributed by atoms with Gasteiger partial charge in [-0.3, -0.25) is 4.79 Å². The van der Waals surface area contributed by atoms with Crippen molar-refractivity contribution in [2.24, 2.45) is 5.10 Å². The summed E-state index contributed by atoms with van der Waals surface area (Å²) >= 11 is 0. The van der Waals surface area contributed by atoms with Gasteiger partial charge in [-0.05, 0) is 63.2 Å². The first kappa shape index (κ1) is 27.6. The van der Waals surface area contributed by atoms with Gasteiger partial charge >= 0.3 is 6.03 Å². The van der Waals surface area contributed by atoms with Gasteiger partial charge in [0.2, 0.25) is 0 Å². The van der Waals surface area contributed by atoms with Crippen LogP contribution in [0.15, 0.2) is 53.8 Å². The van der Waals surface area contributed by atoms with Crippen LogP contribution >= 0.6 is 0 Å². The fourth-order valence-electron chi connectivity index (χ4n) is 4.29. The summed E-state index contributed by atoms with van der Waals surface area (Å²) in [6.07, 6.45) is 4.58. The lowest BCUT2D eigenvalue weighted by Crippen LogP contribution is -2.41. The molecule has 0 spiro atoms. The van der Waals surface area contributed by atoms with Crippen LogP contribution in [0.3, 0.4) is 0 Å². The smallest absolute Gasteiger partial charge is 0.337 e. The molecule has 3 rings (SSSR count). The lowest BCUT2D eigenvalue weighted by molar-refractivity contribution is 0.0951. The molecule has 0 aliphatic carbocycles. The van der Waals surface area contributed by atoms with Crippen LogP contribution in [0.2, 0.25) is 0 Å². The number of rotatable bonds is 9. The number of carbonyl (C=O) groups excluding carboxylic acids is 2. The monoisotopic (exact) mass is 507 g/mol. The third-order valence-corrected chi connectivity index (χ3v) is 6.30. The quantitative estimate of drug-likeness (QED) is 0.541. The Morgan fingerprint density at radius 3 is 2.43 bits per heavy atom. The number of hydrogen-bond donors (Lipinski definition) is 2. The molecule has 0 fully saturated rings. The predicted octanol–water partition coefficient (Wildman–Crippen LogP) is 3.63. The number of amides is 3. The average Bonchev–Trinajstić information content (AvgIpc) is 3.06. The van der Waals surface area contributed by atoms with Gasteiger partial charge in [-0.15, -0.1) is 0 Å². The standard InChI is InChI=1S/C28H37N5O4/c1-7-14-32(8-2)15-13-30-27(34)21-11-9-20(10-12-21)26-23-18-25(37-6)24(36-5)17-22(23)16-19(3)33(31-26)28(35)29-4/h7,9-12,14,17-19H,8,13,15-16H2,1-6H3,(H,29,35)(H,30,34)/b14-7-. The number of fused-ring (bicyclic) bond motifs is 1. The molecule has 1 heterocycles. The van der Waals surface area contributed by atoms with E-state index >= 15 is 0 Å². The highest BCUT2D eigenvalue weighted by Gasteiger charge is 2.28. The van der Waals surface area contributed by atoms with Crippen molar-refractivity contribution >= 4 is 17.6 Å². The lowest BCUT2D eigenvalue weighted by Gasteiger charge is -2.22. The third kappa shape index (κ3) is 6.41. The number of hydrazone groups is 1. The molecule has 2 aromatic rings. The van der Waals surface area contributed by atoms with Crippen molar-refractivity contribution in [3.63, 3.8) is 0 Å². The largest absolute Gasteiger partial charge is 0.493 e. The zero-order valence-electron chi connectivity index (χ0n) is 22.5. The van der Waals surface area contributed by atoms with Crippen molar-refractivity contribution in [1.29, 1.82) is 0 Å². The summed E-state index contributed by atoms with van der Waals surface area (Å²) in [5, 5.41) is 11.9. The second-order valence-electron chi connectivity index (χ2n) is 8.71. The summed E-state index contributed by atoms with van der Waals surface area (Å²) in [5.41, 5.74) is 3.77. The summed E-state index contributed by atoms with van der Waals surface area (Å²) in [7, 11) is 4.77. The molecule has 198 valence electrons. The van der Waals surface area contributed by atoms with Crippen molar-refractivity contribution in [2.75, 3.05) is 40.9 Å². The molecule has 2 aromatic carbocycles. The van der Waals surface area contributed by atoms with Crippen molar-refractivity contribution in [3.05, 3.63) is 70.9 Å². The second-order valence-corrected chi connectivity index (χ2v) is 8.71. The first-order valence-corrected chi connectivity index (χ1v) is 12.5. The van der Waals surface area contributed by atoms with E-state index in [1.54, 1.807) is 33.4 Å². The Kier molecular flexibility index (Phi) is 9.54. The van der Waals surface area contributed by atoms with Crippen molar-refractivity contribution in [2.45, 2.75) is 33.2 Å². The predicted molar refractivity (Wildman–Crippen MR) is 145 cm³/mol. The zero-order valence-corrected chi connectivity index (χ0v) is 22.5. The zero-order chi connectivity index (χ0) is 26.9. The van der Waals surface area contributed by atoms with E-state index in [0.29, 0.717) is 35.7 Å². The van der Waals surface area contributed by atoms with Crippen LogP contribution in [0, 0.1) is 0 Å². The van der Waals surface area contributed by atoms with Gasteiger partial charge in [0.25, 0.3) is 5.91 Å². The molecule has 0 saturated heterocycles. The summed E-state index contributed by atoms with van der Waals surface area (Å²) < 4.78 is 11.1. The van der Waals surface area contributed by atoms with Crippen LogP contribution in [0.1, 0.15) is 47.8 Å². The summed E-state index contributed by atoms with van der Waals surface area (Å²) in [6.45, 7) is 8.15. The molecule has 3 amide bonds. The highest BCUT2D eigenvalue weighted by Crippen LogP contribution is 2.34. The van der Waals surface area contributed by atoms with Gasteiger partial charge in [-0.1, -0.05) is 18.2 Å². The number of nitrogens with one attached hydrogen (secondary N) is 2. The Morgan fingerprint density at radius 1 is 1.16 bits per heavy atom. The fourth-order valence-corrected chi connectivity index (χ4v) is 4.29. The molecule has 1 aliphatic rings. The number of urea groups is 1. The maximum Gasteiger partial charge on any atom is 0.337 e. The Bertz CT molecular complexity index is 1160. The molecule has 37 heavy (non-hydrogen) atoms. The maximum absolute atomic E-state index is 12.7. The minimum absolute atomic E-state index is 0.140. The van der Waals surface area contributed by atoms with E-state index in [2.05, 4.69) is 22.5 Å². The fraction of sp³-hybridized carbons (Fsp3) is 0.393. The van der Waals surface area contributed by atoms with E-state index in [9.17, 15) is 9.59 Å². The van der Waals surface area contributed by atoms with Crippen molar-refractivity contribution in [3.8, 4) is 11.5 Å². The first-order valence-electron chi connectivity index (χ1n) is 12.5. The van der Waals surface area contributed by atoms with Gasteiger partial charge in [0.05, 0.1) is 26.0 Å². The molecule has 1 aliphatic heterocycles. The molecule has 2 N–H and O–H groups in total. The van der Waals surface area contributed by atoms with Crippen LogP contribution in [-0.4, -0.2) is 74.5 Å². The van der Waals surface area contributed by atoms with Gasteiger partial charge in [0, 0.05) is 43.4 Å².